The highest BCUT2D eigenvalue weighted by Gasteiger charge is 2.22. The Kier molecular flexibility index (Phi) is 6.19. The van der Waals surface area contributed by atoms with Crippen LogP contribution in [0.4, 0.5) is 4.39 Å². The van der Waals surface area contributed by atoms with Crippen LogP contribution in [0.3, 0.4) is 0 Å². The second kappa shape index (κ2) is 7.90. The quantitative estimate of drug-likeness (QED) is 0.883. The van der Waals surface area contributed by atoms with Crippen LogP contribution in [0.5, 0.6) is 0 Å². The minimum Gasteiger partial charge on any atom is -0.307 e. The van der Waals surface area contributed by atoms with Gasteiger partial charge < -0.3 is 10.2 Å². The molecule has 2 atom stereocenters. The van der Waals surface area contributed by atoms with Crippen LogP contribution in [0.1, 0.15) is 51.6 Å². The molecule has 1 heterocycles. The van der Waals surface area contributed by atoms with Gasteiger partial charge in [-0.05, 0) is 62.5 Å². The number of nitrogens with one attached hydrogen (secondary N) is 1. The Bertz CT molecular complexity index is 416. The summed E-state index contributed by atoms with van der Waals surface area (Å²) in [7, 11) is 0. The monoisotopic (exact) mass is 292 g/mol. The van der Waals surface area contributed by atoms with Crippen molar-refractivity contribution in [3.63, 3.8) is 0 Å². The molecule has 1 saturated heterocycles. The molecule has 0 aromatic heterocycles. The molecule has 1 aromatic carbocycles. The van der Waals surface area contributed by atoms with E-state index in [0.717, 1.165) is 6.54 Å². The maximum Gasteiger partial charge on any atom is 0.123 e. The summed E-state index contributed by atoms with van der Waals surface area (Å²) in [6.07, 6.45) is 3.71. The van der Waals surface area contributed by atoms with Crippen molar-refractivity contribution < 1.29 is 4.39 Å². The number of nitrogens with zero attached hydrogens (tertiary/aromatic N) is 1. The summed E-state index contributed by atoms with van der Waals surface area (Å²) in [5, 5.41) is 3.83. The maximum atomic E-state index is 13.1. The molecule has 21 heavy (non-hydrogen) atoms. The fourth-order valence-electron chi connectivity index (χ4n) is 3.24. The summed E-state index contributed by atoms with van der Waals surface area (Å²) in [5.41, 5.74) is 1.20. The van der Waals surface area contributed by atoms with E-state index in [1.165, 1.54) is 37.9 Å². The summed E-state index contributed by atoms with van der Waals surface area (Å²) in [4.78, 5) is 2.53. The largest absolute Gasteiger partial charge is 0.307 e. The molecule has 1 fully saturated rings. The minimum atomic E-state index is -0.158. The van der Waals surface area contributed by atoms with Crippen molar-refractivity contribution in [2.24, 2.45) is 5.92 Å². The number of hydrogen-bond donors (Lipinski definition) is 1. The zero-order valence-corrected chi connectivity index (χ0v) is 13.6. The number of likely N-dealkylation sites (tertiary alicyclic amines) is 1. The average Bonchev–Trinajstić information content (AvgIpc) is 2.70. The van der Waals surface area contributed by atoms with Gasteiger partial charge in [-0.1, -0.05) is 32.9 Å². The Labute approximate surface area is 128 Å². The van der Waals surface area contributed by atoms with Crippen LogP contribution in [0.25, 0.3) is 0 Å². The fourth-order valence-corrected chi connectivity index (χ4v) is 3.24. The topological polar surface area (TPSA) is 15.3 Å². The predicted octanol–water partition coefficient (Wildman–Crippen LogP) is 3.99. The molecule has 1 aliphatic rings. The van der Waals surface area contributed by atoms with Gasteiger partial charge in [0.2, 0.25) is 0 Å². The van der Waals surface area contributed by atoms with Crippen molar-refractivity contribution in [2.75, 3.05) is 19.6 Å². The van der Waals surface area contributed by atoms with E-state index < -0.39 is 0 Å². The molecule has 1 aromatic rings. The highest BCUT2D eigenvalue weighted by atomic mass is 19.1. The van der Waals surface area contributed by atoms with Gasteiger partial charge in [0.15, 0.2) is 0 Å². The van der Waals surface area contributed by atoms with Gasteiger partial charge in [0.05, 0.1) is 0 Å². The lowest BCUT2D eigenvalue weighted by Gasteiger charge is -2.28. The molecule has 0 aliphatic carbocycles. The molecule has 2 nitrogen and oxygen atoms in total. The minimum absolute atomic E-state index is 0.158. The molecule has 0 bridgehead atoms. The van der Waals surface area contributed by atoms with Gasteiger partial charge in [-0.3, -0.25) is 0 Å². The van der Waals surface area contributed by atoms with Crippen molar-refractivity contribution in [1.29, 1.82) is 0 Å². The normalized spacial score (nSPS) is 22.2. The van der Waals surface area contributed by atoms with Crippen molar-refractivity contribution in [3.05, 3.63) is 35.6 Å². The Morgan fingerprint density at radius 2 is 1.90 bits per heavy atom. The van der Waals surface area contributed by atoms with Gasteiger partial charge >= 0.3 is 0 Å². The summed E-state index contributed by atoms with van der Waals surface area (Å²) in [6, 6.07) is 7.85. The summed E-state index contributed by atoms with van der Waals surface area (Å²) >= 11 is 0. The fraction of sp³-hybridized carbons (Fsp3) is 0.667. The first-order chi connectivity index (χ1) is 10.1. The van der Waals surface area contributed by atoms with Gasteiger partial charge in [0, 0.05) is 12.1 Å². The Morgan fingerprint density at radius 3 is 2.52 bits per heavy atom. The van der Waals surface area contributed by atoms with Crippen LogP contribution in [0, 0.1) is 11.7 Å². The molecule has 0 saturated carbocycles. The molecule has 1 aliphatic heterocycles. The first-order valence-electron chi connectivity index (χ1n) is 8.34. The van der Waals surface area contributed by atoms with Crippen LogP contribution in [0.2, 0.25) is 0 Å². The standard InChI is InChI=1S/C18H29FN2/c1-4-21-12-5-6-17(11-13-21)20-18(14(2)3)15-7-9-16(19)10-8-15/h7-10,14,17-18,20H,4-6,11-13H2,1-3H3. The summed E-state index contributed by atoms with van der Waals surface area (Å²) in [5.74, 6) is 0.343. The predicted molar refractivity (Wildman–Crippen MR) is 86.9 cm³/mol. The summed E-state index contributed by atoms with van der Waals surface area (Å²) < 4.78 is 13.1. The molecule has 0 amide bonds. The first-order valence-corrected chi connectivity index (χ1v) is 8.34. The van der Waals surface area contributed by atoms with Gasteiger partial charge in [0.1, 0.15) is 5.82 Å². The lowest BCUT2D eigenvalue weighted by molar-refractivity contribution is 0.290. The molecular weight excluding hydrogens is 263 g/mol. The highest BCUT2D eigenvalue weighted by molar-refractivity contribution is 5.20. The van der Waals surface area contributed by atoms with Crippen LogP contribution < -0.4 is 5.32 Å². The van der Waals surface area contributed by atoms with E-state index in [0.29, 0.717) is 18.0 Å². The molecular formula is C18H29FN2. The third-order valence-electron chi connectivity index (χ3n) is 4.58. The second-order valence-corrected chi connectivity index (χ2v) is 6.50. The van der Waals surface area contributed by atoms with Gasteiger partial charge in [-0.25, -0.2) is 4.39 Å². The van der Waals surface area contributed by atoms with E-state index in [4.69, 9.17) is 0 Å². The molecule has 2 rings (SSSR count). The lowest BCUT2D eigenvalue weighted by atomic mass is 9.94. The third kappa shape index (κ3) is 4.79. The zero-order valence-electron chi connectivity index (χ0n) is 13.6. The molecule has 3 heteroatoms. The third-order valence-corrected chi connectivity index (χ3v) is 4.58. The Morgan fingerprint density at radius 1 is 1.19 bits per heavy atom. The first kappa shape index (κ1) is 16.4. The lowest BCUT2D eigenvalue weighted by Crippen LogP contribution is -2.36. The molecule has 2 unspecified atom stereocenters. The van der Waals surface area contributed by atoms with Crippen molar-refractivity contribution in [1.82, 2.24) is 10.2 Å². The highest BCUT2D eigenvalue weighted by Crippen LogP contribution is 2.24. The van der Waals surface area contributed by atoms with Crippen molar-refractivity contribution in [2.45, 2.75) is 52.1 Å². The smallest absolute Gasteiger partial charge is 0.123 e. The Balaban J connectivity index is 2.01. The molecule has 0 radical (unpaired) electrons. The number of hydrogen-bond acceptors (Lipinski definition) is 2. The molecule has 118 valence electrons. The second-order valence-electron chi connectivity index (χ2n) is 6.50. The number of benzene rings is 1. The van der Waals surface area contributed by atoms with E-state index >= 15 is 0 Å². The van der Waals surface area contributed by atoms with Gasteiger partial charge in [-0.15, -0.1) is 0 Å². The van der Waals surface area contributed by atoms with Crippen LogP contribution >= 0.6 is 0 Å². The van der Waals surface area contributed by atoms with E-state index in [1.54, 1.807) is 12.1 Å². The van der Waals surface area contributed by atoms with E-state index in [9.17, 15) is 4.39 Å². The molecule has 1 N–H and O–H groups in total. The summed E-state index contributed by atoms with van der Waals surface area (Å²) in [6.45, 7) is 10.3. The van der Waals surface area contributed by atoms with Gasteiger partial charge in [0.25, 0.3) is 0 Å². The van der Waals surface area contributed by atoms with Crippen molar-refractivity contribution in [3.8, 4) is 0 Å². The SMILES string of the molecule is CCN1CCCC(NC(c2ccc(F)cc2)C(C)C)CC1. The Hall–Kier alpha value is -0.930. The number of halogens is 1. The van der Waals surface area contributed by atoms with Crippen LogP contribution in [-0.4, -0.2) is 30.6 Å². The van der Waals surface area contributed by atoms with Crippen LogP contribution in [0.15, 0.2) is 24.3 Å². The maximum absolute atomic E-state index is 13.1. The van der Waals surface area contributed by atoms with Gasteiger partial charge in [-0.2, -0.15) is 0 Å². The zero-order chi connectivity index (χ0) is 15.2. The van der Waals surface area contributed by atoms with Crippen LogP contribution in [-0.2, 0) is 0 Å². The van der Waals surface area contributed by atoms with Crippen molar-refractivity contribution >= 4 is 0 Å². The number of rotatable bonds is 5. The van der Waals surface area contributed by atoms with E-state index in [2.05, 4.69) is 31.0 Å². The van der Waals surface area contributed by atoms with E-state index in [1.807, 2.05) is 12.1 Å². The van der Waals surface area contributed by atoms with E-state index in [-0.39, 0.29) is 5.82 Å². The average molecular weight is 292 g/mol. The molecule has 0 spiro atoms.